The van der Waals surface area contributed by atoms with Crippen molar-refractivity contribution in [2.45, 2.75) is 6.42 Å². The van der Waals surface area contributed by atoms with Crippen molar-refractivity contribution in [3.05, 3.63) is 29.3 Å². The molecular formula is C12H14F2N2O3S. The number of hydrogen-bond acceptors (Lipinski definition) is 4. The number of carbonyl (C=O) groups is 1. The lowest BCUT2D eigenvalue weighted by Crippen LogP contribution is -2.30. The molecule has 110 valence electrons. The van der Waals surface area contributed by atoms with E-state index in [0.717, 1.165) is 6.07 Å². The van der Waals surface area contributed by atoms with E-state index in [0.29, 0.717) is 12.5 Å². The number of halogens is 2. The van der Waals surface area contributed by atoms with Crippen molar-refractivity contribution in [1.82, 2.24) is 5.32 Å². The lowest BCUT2D eigenvalue weighted by Gasteiger charge is -2.10. The van der Waals surface area contributed by atoms with Gasteiger partial charge in [-0.25, -0.2) is 17.2 Å². The van der Waals surface area contributed by atoms with Gasteiger partial charge in [-0.05, 0) is 18.4 Å². The molecule has 1 aliphatic rings. The molecule has 0 spiro atoms. The van der Waals surface area contributed by atoms with E-state index in [4.69, 9.17) is 5.73 Å². The van der Waals surface area contributed by atoms with Crippen LogP contribution in [0.4, 0.5) is 14.5 Å². The molecule has 2 rings (SSSR count). The molecule has 0 saturated carbocycles. The fourth-order valence-corrected chi connectivity index (χ4v) is 3.97. The summed E-state index contributed by atoms with van der Waals surface area (Å²) in [6, 6.07) is 1.47. The van der Waals surface area contributed by atoms with Gasteiger partial charge in [-0.2, -0.15) is 0 Å². The summed E-state index contributed by atoms with van der Waals surface area (Å²) in [6.45, 7) is 0.134. The third-order valence-electron chi connectivity index (χ3n) is 3.21. The van der Waals surface area contributed by atoms with Crippen molar-refractivity contribution >= 4 is 21.4 Å². The minimum Gasteiger partial charge on any atom is -0.396 e. The molecular weight excluding hydrogens is 290 g/mol. The van der Waals surface area contributed by atoms with E-state index in [-0.39, 0.29) is 35.2 Å². The number of nitrogens with one attached hydrogen (secondary N) is 1. The molecule has 1 fully saturated rings. The molecule has 3 N–H and O–H groups in total. The van der Waals surface area contributed by atoms with Gasteiger partial charge in [-0.3, -0.25) is 4.79 Å². The minimum atomic E-state index is -3.02. The standard InChI is InChI=1S/C12H14F2N2O3S/c13-9-4-10(14)11(15)3-8(9)12(17)16-5-7-1-2-20(18,19)6-7/h3-4,7H,1-2,5-6,15H2,(H,16,17). The highest BCUT2D eigenvalue weighted by atomic mass is 32.2. The van der Waals surface area contributed by atoms with Crippen LogP contribution in [0.3, 0.4) is 0 Å². The van der Waals surface area contributed by atoms with Crippen molar-refractivity contribution in [3.63, 3.8) is 0 Å². The summed E-state index contributed by atoms with van der Waals surface area (Å²) in [6.07, 6.45) is 0.469. The van der Waals surface area contributed by atoms with E-state index in [1.54, 1.807) is 0 Å². The number of anilines is 1. The zero-order valence-corrected chi connectivity index (χ0v) is 11.3. The summed E-state index contributed by atoms with van der Waals surface area (Å²) < 4.78 is 49.0. The molecule has 5 nitrogen and oxygen atoms in total. The number of sulfone groups is 1. The molecule has 0 aliphatic carbocycles. The number of nitrogens with two attached hydrogens (primary N) is 1. The first-order chi connectivity index (χ1) is 9.28. The highest BCUT2D eigenvalue weighted by Crippen LogP contribution is 2.19. The van der Waals surface area contributed by atoms with E-state index < -0.39 is 27.4 Å². The first-order valence-corrected chi connectivity index (χ1v) is 7.84. The van der Waals surface area contributed by atoms with Crippen LogP contribution in [0.25, 0.3) is 0 Å². The van der Waals surface area contributed by atoms with Gasteiger partial charge >= 0.3 is 0 Å². The van der Waals surface area contributed by atoms with Crippen LogP contribution in [0, 0.1) is 17.6 Å². The van der Waals surface area contributed by atoms with Crippen LogP contribution >= 0.6 is 0 Å². The molecule has 1 saturated heterocycles. The number of hydrogen-bond donors (Lipinski definition) is 2. The summed E-state index contributed by atoms with van der Waals surface area (Å²) in [5.41, 5.74) is 4.60. The van der Waals surface area contributed by atoms with Gasteiger partial charge in [-0.1, -0.05) is 0 Å². The summed E-state index contributed by atoms with van der Waals surface area (Å²) in [5.74, 6) is -2.73. The van der Waals surface area contributed by atoms with Crippen molar-refractivity contribution in [1.29, 1.82) is 0 Å². The minimum absolute atomic E-state index is 0.0152. The van der Waals surface area contributed by atoms with E-state index in [9.17, 15) is 22.0 Å². The van der Waals surface area contributed by atoms with Gasteiger partial charge in [0.25, 0.3) is 5.91 Å². The molecule has 0 radical (unpaired) electrons. The number of amides is 1. The fourth-order valence-electron chi connectivity index (χ4n) is 2.10. The van der Waals surface area contributed by atoms with Crippen molar-refractivity contribution < 1.29 is 22.0 Å². The fraction of sp³-hybridized carbons (Fsp3) is 0.417. The normalized spacial score (nSPS) is 20.8. The van der Waals surface area contributed by atoms with Gasteiger partial charge in [0, 0.05) is 12.6 Å². The molecule has 1 heterocycles. The topological polar surface area (TPSA) is 89.3 Å². The van der Waals surface area contributed by atoms with Gasteiger partial charge < -0.3 is 11.1 Å². The number of rotatable bonds is 3. The molecule has 1 aromatic rings. The van der Waals surface area contributed by atoms with Gasteiger partial charge in [0.1, 0.15) is 11.6 Å². The van der Waals surface area contributed by atoms with Crippen LogP contribution in [0.15, 0.2) is 12.1 Å². The molecule has 1 amide bonds. The SMILES string of the molecule is Nc1cc(C(=O)NCC2CCS(=O)(=O)C2)c(F)cc1F. The smallest absolute Gasteiger partial charge is 0.254 e. The third-order valence-corrected chi connectivity index (χ3v) is 5.05. The van der Waals surface area contributed by atoms with Crippen LogP contribution in [0.5, 0.6) is 0 Å². The molecule has 1 aliphatic heterocycles. The number of benzene rings is 1. The Hall–Kier alpha value is -1.70. The van der Waals surface area contributed by atoms with Crippen molar-refractivity contribution in [3.8, 4) is 0 Å². The highest BCUT2D eigenvalue weighted by molar-refractivity contribution is 7.91. The third kappa shape index (κ3) is 3.24. The maximum absolute atomic E-state index is 13.5. The first-order valence-electron chi connectivity index (χ1n) is 6.01. The predicted molar refractivity (Wildman–Crippen MR) is 69.9 cm³/mol. The zero-order chi connectivity index (χ0) is 14.9. The molecule has 8 heteroatoms. The molecule has 0 aromatic heterocycles. The van der Waals surface area contributed by atoms with Crippen molar-refractivity contribution in [2.24, 2.45) is 5.92 Å². The zero-order valence-electron chi connectivity index (χ0n) is 10.5. The van der Waals surface area contributed by atoms with Crippen LogP contribution < -0.4 is 11.1 Å². The lowest BCUT2D eigenvalue weighted by molar-refractivity contribution is 0.0944. The van der Waals surface area contributed by atoms with Crippen LogP contribution in [-0.2, 0) is 9.84 Å². The molecule has 0 bridgehead atoms. The summed E-state index contributed by atoms with van der Waals surface area (Å²) in [7, 11) is -3.02. The van der Waals surface area contributed by atoms with Crippen LogP contribution in [0.2, 0.25) is 0 Å². The second-order valence-corrected chi connectivity index (χ2v) is 7.06. The molecule has 20 heavy (non-hydrogen) atoms. The van der Waals surface area contributed by atoms with E-state index in [1.165, 1.54) is 0 Å². The average molecular weight is 304 g/mol. The van der Waals surface area contributed by atoms with Gasteiger partial charge in [0.05, 0.1) is 22.8 Å². The monoisotopic (exact) mass is 304 g/mol. The Kier molecular flexibility index (Phi) is 3.94. The Labute approximate surface area is 115 Å². The van der Waals surface area contributed by atoms with Crippen molar-refractivity contribution in [2.75, 3.05) is 23.8 Å². The molecule has 1 unspecified atom stereocenters. The summed E-state index contributed by atoms with van der Waals surface area (Å²) in [4.78, 5) is 11.8. The number of carbonyl (C=O) groups excluding carboxylic acids is 1. The Morgan fingerprint density at radius 2 is 2.05 bits per heavy atom. The maximum atomic E-state index is 13.5. The molecule has 1 atom stereocenters. The summed E-state index contributed by atoms with van der Waals surface area (Å²) >= 11 is 0. The van der Waals surface area contributed by atoms with E-state index in [2.05, 4.69) is 5.32 Å². The predicted octanol–water partition coefficient (Wildman–Crippen LogP) is 0.711. The first kappa shape index (κ1) is 14.7. The van der Waals surface area contributed by atoms with Gasteiger partial charge in [-0.15, -0.1) is 0 Å². The Bertz CT molecular complexity index is 646. The van der Waals surface area contributed by atoms with Crippen LogP contribution in [0.1, 0.15) is 16.8 Å². The van der Waals surface area contributed by atoms with Gasteiger partial charge in [0.15, 0.2) is 9.84 Å². The Morgan fingerprint density at radius 1 is 1.35 bits per heavy atom. The van der Waals surface area contributed by atoms with E-state index >= 15 is 0 Å². The largest absolute Gasteiger partial charge is 0.396 e. The van der Waals surface area contributed by atoms with E-state index in [1.807, 2.05) is 0 Å². The second-order valence-electron chi connectivity index (χ2n) is 4.83. The Balaban J connectivity index is 2.01. The maximum Gasteiger partial charge on any atom is 0.254 e. The molecule has 1 aromatic carbocycles. The van der Waals surface area contributed by atoms with Gasteiger partial charge in [0.2, 0.25) is 0 Å². The average Bonchev–Trinajstić information content (AvgIpc) is 2.70. The lowest BCUT2D eigenvalue weighted by atomic mass is 10.1. The van der Waals surface area contributed by atoms with Crippen LogP contribution in [-0.4, -0.2) is 32.4 Å². The summed E-state index contributed by atoms with van der Waals surface area (Å²) in [5, 5.41) is 2.44. The highest BCUT2D eigenvalue weighted by Gasteiger charge is 2.28. The quantitative estimate of drug-likeness (QED) is 0.805. The number of nitrogen functional groups attached to an aromatic ring is 1. The second kappa shape index (κ2) is 5.35. The Morgan fingerprint density at radius 3 is 2.65 bits per heavy atom.